The number of aryl methyl sites for hydroxylation is 1. The summed E-state index contributed by atoms with van der Waals surface area (Å²) in [6.07, 6.45) is 8.11. The minimum absolute atomic E-state index is 0.0672. The van der Waals surface area contributed by atoms with Gasteiger partial charge in [-0.05, 0) is 55.8 Å². The Morgan fingerprint density at radius 1 is 1.23 bits per heavy atom. The van der Waals surface area contributed by atoms with Crippen molar-refractivity contribution in [2.24, 2.45) is 0 Å². The Morgan fingerprint density at radius 3 is 2.80 bits per heavy atom. The smallest absolute Gasteiger partial charge is 0.328 e. The van der Waals surface area contributed by atoms with Crippen LogP contribution in [0.4, 0.5) is 4.39 Å². The van der Waals surface area contributed by atoms with Crippen molar-refractivity contribution < 1.29 is 19.1 Å². The van der Waals surface area contributed by atoms with Crippen LogP contribution in [0, 0.1) is 5.82 Å². The molecule has 5 rings (SSSR count). The fourth-order valence-corrected chi connectivity index (χ4v) is 4.90. The molecule has 2 aliphatic rings. The molecular weight excluding hydrogens is 449 g/mol. The Labute approximate surface area is 202 Å². The summed E-state index contributed by atoms with van der Waals surface area (Å²) < 4.78 is 16.5. The number of aromatic nitrogens is 3. The lowest BCUT2D eigenvalue weighted by molar-refractivity contribution is -0.131. The Balaban J connectivity index is 1.47. The molecule has 1 N–H and O–H groups in total. The van der Waals surface area contributed by atoms with Crippen LogP contribution in [0.2, 0.25) is 0 Å². The van der Waals surface area contributed by atoms with E-state index in [0.29, 0.717) is 41.6 Å². The molecule has 2 aliphatic heterocycles. The number of carbonyl (C=O) groups excluding carboxylic acids is 1. The van der Waals surface area contributed by atoms with Crippen LogP contribution in [0.25, 0.3) is 23.0 Å². The summed E-state index contributed by atoms with van der Waals surface area (Å²) in [6.45, 7) is 5.48. The molecule has 1 fully saturated rings. The largest absolute Gasteiger partial charge is 0.478 e. The number of amides is 1. The molecule has 0 saturated carbocycles. The number of halogens is 1. The van der Waals surface area contributed by atoms with Crippen molar-refractivity contribution in [3.05, 3.63) is 71.5 Å². The zero-order chi connectivity index (χ0) is 24.7. The van der Waals surface area contributed by atoms with Gasteiger partial charge in [0, 0.05) is 42.5 Å². The highest BCUT2D eigenvalue weighted by Gasteiger charge is 2.37. The summed E-state index contributed by atoms with van der Waals surface area (Å²) in [5.74, 6) is -1.73. The molecule has 0 aliphatic carbocycles. The number of hydrogen-bond acceptors (Lipinski definition) is 5. The van der Waals surface area contributed by atoms with Crippen LogP contribution in [-0.2, 0) is 11.2 Å². The third-order valence-corrected chi connectivity index (χ3v) is 6.78. The van der Waals surface area contributed by atoms with E-state index < -0.39 is 11.8 Å². The van der Waals surface area contributed by atoms with Crippen molar-refractivity contribution in [2.45, 2.75) is 38.8 Å². The molecule has 3 aromatic rings. The predicted octanol–water partition coefficient (Wildman–Crippen LogP) is 3.63. The van der Waals surface area contributed by atoms with E-state index in [1.54, 1.807) is 28.8 Å². The summed E-state index contributed by atoms with van der Waals surface area (Å²) in [4.78, 5) is 33.0. The van der Waals surface area contributed by atoms with Crippen LogP contribution in [0.3, 0.4) is 0 Å². The first-order chi connectivity index (χ1) is 16.9. The van der Waals surface area contributed by atoms with Crippen molar-refractivity contribution in [3.63, 3.8) is 0 Å². The second-order valence-electron chi connectivity index (χ2n) is 8.86. The molecule has 9 heteroatoms. The molecular formula is C26H26FN5O3. The van der Waals surface area contributed by atoms with Gasteiger partial charge in [-0.15, -0.1) is 0 Å². The number of nitrogens with zero attached hydrogens (tertiary/aromatic N) is 5. The van der Waals surface area contributed by atoms with Gasteiger partial charge in [0.1, 0.15) is 11.5 Å². The Kier molecular flexibility index (Phi) is 5.84. The second kappa shape index (κ2) is 8.98. The quantitative estimate of drug-likeness (QED) is 0.567. The number of carboxylic acids is 1. The number of fused-ring (bicyclic) bond motifs is 2. The average Bonchev–Trinajstić information content (AvgIpc) is 3.49. The highest BCUT2D eigenvalue weighted by atomic mass is 19.1. The summed E-state index contributed by atoms with van der Waals surface area (Å²) in [6, 6.07) is 8.26. The fourth-order valence-electron chi connectivity index (χ4n) is 4.90. The topological polar surface area (TPSA) is 91.0 Å². The molecule has 0 bridgehead atoms. The van der Waals surface area contributed by atoms with E-state index in [9.17, 15) is 14.0 Å². The molecule has 2 aromatic heterocycles. The van der Waals surface area contributed by atoms with Crippen LogP contribution < -0.4 is 0 Å². The van der Waals surface area contributed by atoms with Crippen LogP contribution >= 0.6 is 0 Å². The van der Waals surface area contributed by atoms with E-state index in [4.69, 9.17) is 5.11 Å². The Morgan fingerprint density at radius 2 is 2.06 bits per heavy atom. The molecule has 1 aromatic carbocycles. The van der Waals surface area contributed by atoms with Gasteiger partial charge in [0.2, 0.25) is 0 Å². The first-order valence-corrected chi connectivity index (χ1v) is 11.7. The van der Waals surface area contributed by atoms with Crippen molar-refractivity contribution in [1.29, 1.82) is 0 Å². The van der Waals surface area contributed by atoms with Gasteiger partial charge < -0.3 is 14.9 Å². The molecule has 35 heavy (non-hydrogen) atoms. The Bertz CT molecular complexity index is 1380. The van der Waals surface area contributed by atoms with E-state index in [2.05, 4.69) is 34.2 Å². The average molecular weight is 476 g/mol. The standard InChI is InChI=1S/C26H26FN5O3/c1-3-18-14-22(26(35)31-12-11-30-10-4-5-23(30)16(31)2)28-24-15-21(29-32(18)24)19-8-6-17(13-20(19)27)7-9-25(33)34/h4,6-10,13-16,23H,3,5,11-12H2,1-2H3,(H,33,34)/b9-7+. The van der Waals surface area contributed by atoms with Crippen molar-refractivity contribution in [1.82, 2.24) is 24.4 Å². The van der Waals surface area contributed by atoms with Crippen LogP contribution in [0.5, 0.6) is 0 Å². The third-order valence-electron chi connectivity index (χ3n) is 6.78. The molecule has 1 saturated heterocycles. The number of piperazine rings is 1. The van der Waals surface area contributed by atoms with E-state index in [1.165, 1.54) is 12.1 Å². The van der Waals surface area contributed by atoms with Gasteiger partial charge in [0.15, 0.2) is 5.65 Å². The van der Waals surface area contributed by atoms with Gasteiger partial charge in [0.25, 0.3) is 5.91 Å². The van der Waals surface area contributed by atoms with Crippen LogP contribution in [0.1, 0.15) is 42.0 Å². The number of aliphatic carboxylic acids is 1. The molecule has 180 valence electrons. The summed E-state index contributed by atoms with van der Waals surface area (Å²) >= 11 is 0. The molecule has 4 heterocycles. The van der Waals surface area contributed by atoms with E-state index in [1.807, 2.05) is 11.8 Å². The maximum Gasteiger partial charge on any atom is 0.328 e. The van der Waals surface area contributed by atoms with Gasteiger partial charge in [-0.3, -0.25) is 4.79 Å². The van der Waals surface area contributed by atoms with Crippen LogP contribution in [0.15, 0.2) is 48.7 Å². The van der Waals surface area contributed by atoms with Crippen molar-refractivity contribution >= 4 is 23.6 Å². The van der Waals surface area contributed by atoms with Gasteiger partial charge >= 0.3 is 5.97 Å². The number of benzene rings is 1. The predicted molar refractivity (Wildman–Crippen MR) is 129 cm³/mol. The lowest BCUT2D eigenvalue weighted by atomic mass is 10.0. The molecule has 2 unspecified atom stereocenters. The third kappa shape index (κ3) is 4.18. The van der Waals surface area contributed by atoms with E-state index in [-0.39, 0.29) is 17.5 Å². The normalized spacial score (nSPS) is 19.6. The van der Waals surface area contributed by atoms with Crippen molar-refractivity contribution in [2.75, 3.05) is 13.1 Å². The monoisotopic (exact) mass is 475 g/mol. The lowest BCUT2D eigenvalue weighted by Gasteiger charge is -2.43. The maximum absolute atomic E-state index is 14.9. The number of carbonyl (C=O) groups is 2. The highest BCUT2D eigenvalue weighted by Crippen LogP contribution is 2.28. The number of rotatable bonds is 5. The van der Waals surface area contributed by atoms with Gasteiger partial charge in [-0.25, -0.2) is 18.7 Å². The number of carboxylic acid groups (broad SMARTS) is 1. The first kappa shape index (κ1) is 22.8. The Hall–Kier alpha value is -4.01. The minimum atomic E-state index is -1.10. The lowest BCUT2D eigenvalue weighted by Crippen LogP contribution is -2.57. The molecule has 8 nitrogen and oxygen atoms in total. The molecule has 0 radical (unpaired) electrons. The molecule has 1 amide bonds. The van der Waals surface area contributed by atoms with E-state index >= 15 is 0 Å². The second-order valence-corrected chi connectivity index (χ2v) is 8.86. The zero-order valence-corrected chi connectivity index (χ0v) is 19.6. The highest BCUT2D eigenvalue weighted by molar-refractivity contribution is 5.93. The zero-order valence-electron chi connectivity index (χ0n) is 19.6. The van der Waals surface area contributed by atoms with Gasteiger partial charge in [-0.1, -0.05) is 19.1 Å². The van der Waals surface area contributed by atoms with Crippen molar-refractivity contribution in [3.8, 4) is 11.3 Å². The summed E-state index contributed by atoms with van der Waals surface area (Å²) in [5.41, 5.74) is 2.75. The van der Waals surface area contributed by atoms with Gasteiger partial charge in [-0.2, -0.15) is 5.10 Å². The van der Waals surface area contributed by atoms with Gasteiger partial charge in [0.05, 0.1) is 11.7 Å². The van der Waals surface area contributed by atoms with E-state index in [0.717, 1.165) is 24.7 Å². The maximum atomic E-state index is 14.9. The molecule has 0 spiro atoms. The first-order valence-electron chi connectivity index (χ1n) is 11.7. The summed E-state index contributed by atoms with van der Waals surface area (Å²) in [7, 11) is 0. The fraction of sp³-hybridized carbons (Fsp3) is 0.308. The summed E-state index contributed by atoms with van der Waals surface area (Å²) in [5, 5.41) is 13.3. The van der Waals surface area contributed by atoms with Crippen LogP contribution in [-0.4, -0.2) is 66.6 Å². The minimum Gasteiger partial charge on any atom is -0.478 e. The SMILES string of the molecule is CCc1cc(C(=O)N2CCN3C=CCC3C2C)nc2cc(-c3ccc(/C=C/C(=O)O)cc3F)nn12. The molecule has 2 atom stereocenters. The number of hydrogen-bond donors (Lipinski definition) is 1.